The fraction of sp³-hybridized carbons (Fsp3) is 0.250. The van der Waals surface area contributed by atoms with E-state index in [4.69, 9.17) is 4.74 Å². The van der Waals surface area contributed by atoms with Crippen LogP contribution < -0.4 is 20.1 Å². The normalized spacial score (nSPS) is 17.0. The van der Waals surface area contributed by atoms with Crippen LogP contribution in [0.3, 0.4) is 0 Å². The van der Waals surface area contributed by atoms with Gasteiger partial charge in [0.25, 0.3) is 0 Å². The topological polar surface area (TPSA) is 118 Å². The molecular weight excluding hydrogens is 595 g/mol. The van der Waals surface area contributed by atoms with Crippen molar-refractivity contribution in [2.45, 2.75) is 31.3 Å². The highest BCUT2D eigenvalue weighted by Crippen LogP contribution is 2.36. The van der Waals surface area contributed by atoms with Crippen LogP contribution in [0.5, 0.6) is 11.6 Å². The van der Waals surface area contributed by atoms with Gasteiger partial charge in [-0.2, -0.15) is 4.39 Å². The van der Waals surface area contributed by atoms with E-state index in [2.05, 4.69) is 25.6 Å². The molecule has 2 atom stereocenters. The molecule has 0 unspecified atom stereocenters. The number of ether oxygens (including phenoxy) is 1. The third-order valence-electron chi connectivity index (χ3n) is 6.57. The molecule has 43 heavy (non-hydrogen) atoms. The molecule has 3 N–H and O–H groups in total. The number of anilines is 2. The maximum absolute atomic E-state index is 15.1. The minimum absolute atomic E-state index is 0.183. The monoisotopic (exact) mass is 620 g/mol. The molecule has 1 aliphatic rings. The Hall–Kier alpha value is -4.37. The molecule has 0 saturated carbocycles. The van der Waals surface area contributed by atoms with Gasteiger partial charge in [0.2, 0.25) is 27.7 Å². The van der Waals surface area contributed by atoms with E-state index in [0.717, 1.165) is 12.1 Å². The molecule has 1 aliphatic heterocycles. The van der Waals surface area contributed by atoms with Crippen molar-refractivity contribution in [2.24, 2.45) is 0 Å². The quantitative estimate of drug-likeness (QED) is 0.172. The van der Waals surface area contributed by atoms with E-state index >= 15 is 8.78 Å². The van der Waals surface area contributed by atoms with Crippen molar-refractivity contribution in [3.8, 4) is 22.9 Å². The Morgan fingerprint density at radius 3 is 2.60 bits per heavy atom. The molecule has 5 rings (SSSR count). The van der Waals surface area contributed by atoms with Crippen molar-refractivity contribution < 1.29 is 35.1 Å². The molecular formula is C28H25F5N6O3S. The zero-order chi connectivity index (χ0) is 30.7. The first-order valence-electron chi connectivity index (χ1n) is 13.0. The Kier molecular flexibility index (Phi) is 8.73. The van der Waals surface area contributed by atoms with E-state index in [1.165, 1.54) is 43.6 Å². The van der Waals surface area contributed by atoms with Crippen molar-refractivity contribution in [3.63, 3.8) is 0 Å². The molecule has 226 valence electrons. The number of aryl methyl sites for hydroxylation is 1. The molecule has 3 heterocycles. The second kappa shape index (κ2) is 12.5. The number of nitrogens with one attached hydrogen (secondary N) is 3. The van der Waals surface area contributed by atoms with E-state index < -0.39 is 56.7 Å². The number of pyridine rings is 1. The Bertz CT molecular complexity index is 1760. The summed E-state index contributed by atoms with van der Waals surface area (Å²) in [6.45, 7) is 2.24. The van der Waals surface area contributed by atoms with Crippen molar-refractivity contribution in [3.05, 3.63) is 89.3 Å². The van der Waals surface area contributed by atoms with Gasteiger partial charge in [0.1, 0.15) is 17.7 Å². The van der Waals surface area contributed by atoms with Gasteiger partial charge in [0.05, 0.1) is 17.0 Å². The van der Waals surface area contributed by atoms with Crippen LogP contribution in [0.15, 0.2) is 54.9 Å². The molecule has 0 bridgehead atoms. The average Bonchev–Trinajstić information content (AvgIpc) is 2.96. The lowest BCUT2D eigenvalue weighted by Crippen LogP contribution is -2.44. The van der Waals surface area contributed by atoms with Gasteiger partial charge in [-0.1, -0.05) is 6.07 Å². The van der Waals surface area contributed by atoms with Gasteiger partial charge < -0.3 is 15.4 Å². The summed E-state index contributed by atoms with van der Waals surface area (Å²) < 4.78 is 105. The Balaban J connectivity index is 1.38. The first kappa shape index (κ1) is 30.1. The standard InChI is InChI=1S/C28H25F5N6O3S/c1-15-9-17(29)5-4-16(15)14-43(40,41)39-26-21(31)11-23(24(32)25(26)33)42-27-20(3-2-7-35-27)22-6-8-36-28(38-22)37-19-10-18(30)12-34-13-19/h2-9,11,18-19,34,39H,10,12-14H2,1H3,(H,36,37,38)/t18-,19-/m0/s1. The number of hydrogen-bond donors (Lipinski definition) is 3. The second-order valence-corrected chi connectivity index (χ2v) is 11.6. The first-order chi connectivity index (χ1) is 20.5. The summed E-state index contributed by atoms with van der Waals surface area (Å²) >= 11 is 0. The van der Waals surface area contributed by atoms with Gasteiger partial charge in [-0.15, -0.1) is 0 Å². The van der Waals surface area contributed by atoms with Gasteiger partial charge in [0.15, 0.2) is 17.4 Å². The minimum atomic E-state index is -4.43. The van der Waals surface area contributed by atoms with Crippen LogP contribution in [0.25, 0.3) is 11.3 Å². The molecule has 2 aromatic carbocycles. The van der Waals surface area contributed by atoms with Crippen molar-refractivity contribution in [1.29, 1.82) is 0 Å². The third kappa shape index (κ3) is 7.17. The van der Waals surface area contributed by atoms with E-state index in [-0.39, 0.29) is 47.7 Å². The van der Waals surface area contributed by atoms with Crippen LogP contribution in [0, 0.1) is 30.2 Å². The predicted octanol–water partition coefficient (Wildman–Crippen LogP) is 5.25. The van der Waals surface area contributed by atoms with Crippen molar-refractivity contribution in [2.75, 3.05) is 23.1 Å². The Morgan fingerprint density at radius 1 is 1.02 bits per heavy atom. The van der Waals surface area contributed by atoms with Gasteiger partial charge in [-0.05, 0) is 48.4 Å². The van der Waals surface area contributed by atoms with Crippen molar-refractivity contribution in [1.82, 2.24) is 20.3 Å². The number of halogens is 5. The van der Waals surface area contributed by atoms with Crippen LogP contribution in [-0.2, 0) is 15.8 Å². The summed E-state index contributed by atoms with van der Waals surface area (Å²) in [6, 6.07) is 8.16. The molecule has 0 spiro atoms. The maximum Gasteiger partial charge on any atom is 0.237 e. The van der Waals surface area contributed by atoms with E-state index in [0.29, 0.717) is 18.2 Å². The Labute approximate surface area is 243 Å². The van der Waals surface area contributed by atoms with E-state index in [9.17, 15) is 21.6 Å². The SMILES string of the molecule is Cc1cc(F)ccc1CS(=O)(=O)Nc1c(F)cc(Oc2ncccc2-c2ccnc(N[C@@H]3CNC[C@@H](F)C3)n2)c(F)c1F. The number of benzene rings is 2. The maximum atomic E-state index is 15.1. The summed E-state index contributed by atoms with van der Waals surface area (Å²) in [6.07, 6.45) is 1.97. The lowest BCUT2D eigenvalue weighted by Gasteiger charge is -2.26. The number of rotatable bonds is 9. The van der Waals surface area contributed by atoms with Crippen LogP contribution in [-0.4, -0.2) is 48.7 Å². The third-order valence-corrected chi connectivity index (χ3v) is 7.78. The summed E-state index contributed by atoms with van der Waals surface area (Å²) in [5.41, 5.74) is -0.271. The molecule has 2 aromatic heterocycles. The van der Waals surface area contributed by atoms with Gasteiger partial charge in [0, 0.05) is 44.0 Å². The summed E-state index contributed by atoms with van der Waals surface area (Å²) in [4.78, 5) is 12.6. The van der Waals surface area contributed by atoms with E-state index in [1.807, 2.05) is 0 Å². The lowest BCUT2D eigenvalue weighted by molar-refractivity contribution is 0.254. The Morgan fingerprint density at radius 2 is 1.84 bits per heavy atom. The highest BCUT2D eigenvalue weighted by atomic mass is 32.2. The molecule has 4 aromatic rings. The van der Waals surface area contributed by atoms with Crippen LogP contribution in [0.1, 0.15) is 17.5 Å². The number of sulfonamides is 1. The molecule has 0 radical (unpaired) electrons. The molecule has 1 saturated heterocycles. The molecule has 0 aliphatic carbocycles. The minimum Gasteiger partial charge on any atom is -0.435 e. The zero-order valence-corrected chi connectivity index (χ0v) is 23.4. The number of alkyl halides is 1. The van der Waals surface area contributed by atoms with E-state index in [1.54, 1.807) is 4.72 Å². The fourth-order valence-corrected chi connectivity index (χ4v) is 5.79. The number of hydrogen-bond acceptors (Lipinski definition) is 8. The highest BCUT2D eigenvalue weighted by Gasteiger charge is 2.26. The fourth-order valence-electron chi connectivity index (χ4n) is 4.49. The van der Waals surface area contributed by atoms with Gasteiger partial charge >= 0.3 is 0 Å². The lowest BCUT2D eigenvalue weighted by atomic mass is 10.1. The summed E-state index contributed by atoms with van der Waals surface area (Å²) in [5.74, 6) is -7.26. The smallest absolute Gasteiger partial charge is 0.237 e. The molecule has 9 nitrogen and oxygen atoms in total. The van der Waals surface area contributed by atoms with Crippen LogP contribution in [0.4, 0.5) is 33.6 Å². The molecule has 0 amide bonds. The van der Waals surface area contributed by atoms with Crippen LogP contribution >= 0.6 is 0 Å². The largest absolute Gasteiger partial charge is 0.435 e. The predicted molar refractivity (Wildman–Crippen MR) is 149 cm³/mol. The average molecular weight is 621 g/mol. The zero-order valence-electron chi connectivity index (χ0n) is 22.5. The van der Waals surface area contributed by atoms with Gasteiger partial charge in [-0.25, -0.2) is 40.9 Å². The number of aromatic nitrogens is 3. The first-order valence-corrected chi connectivity index (χ1v) is 14.6. The molecule has 1 fully saturated rings. The summed E-state index contributed by atoms with van der Waals surface area (Å²) in [5, 5.41) is 6.01. The number of nitrogens with zero attached hydrogens (tertiary/aromatic N) is 3. The van der Waals surface area contributed by atoms with Gasteiger partial charge in [-0.3, -0.25) is 4.72 Å². The summed E-state index contributed by atoms with van der Waals surface area (Å²) in [7, 11) is -4.43. The highest BCUT2D eigenvalue weighted by molar-refractivity contribution is 7.91. The van der Waals surface area contributed by atoms with Crippen molar-refractivity contribution >= 4 is 21.7 Å². The molecule has 15 heteroatoms. The number of piperidine rings is 1. The van der Waals surface area contributed by atoms with Crippen LogP contribution in [0.2, 0.25) is 0 Å². The second-order valence-electron chi connectivity index (χ2n) is 9.85.